The van der Waals surface area contributed by atoms with E-state index in [2.05, 4.69) is 9.97 Å². The molecule has 25 heavy (non-hydrogen) atoms. The number of H-pyrrole nitrogens is 1. The van der Waals surface area contributed by atoms with Crippen LogP contribution in [0.1, 0.15) is 5.56 Å². The predicted molar refractivity (Wildman–Crippen MR) is 98.4 cm³/mol. The van der Waals surface area contributed by atoms with Gasteiger partial charge in [-0.05, 0) is 36.8 Å². The van der Waals surface area contributed by atoms with Gasteiger partial charge in [0.1, 0.15) is 5.75 Å². The minimum atomic E-state index is -0.151. The quantitative estimate of drug-likeness (QED) is 0.623. The first kappa shape index (κ1) is 15.2. The molecule has 2 aromatic heterocycles. The maximum Gasteiger partial charge on any atom is 0.260 e. The fourth-order valence-electron chi connectivity index (χ4n) is 2.96. The molecule has 0 spiro atoms. The molecule has 0 atom stereocenters. The number of rotatable bonds is 3. The minimum absolute atomic E-state index is 0.151. The third-order valence-electron chi connectivity index (χ3n) is 4.30. The number of nitrogens with zero attached hydrogens (tertiary/aromatic N) is 2. The monoisotopic (exact) mass is 331 g/mol. The van der Waals surface area contributed by atoms with Crippen molar-refractivity contribution in [1.82, 2.24) is 14.5 Å². The highest BCUT2D eigenvalue weighted by Crippen LogP contribution is 2.30. The molecular formula is C20H17N3O2. The van der Waals surface area contributed by atoms with Gasteiger partial charge in [-0.2, -0.15) is 0 Å². The highest BCUT2D eigenvalue weighted by atomic mass is 16.5. The van der Waals surface area contributed by atoms with Gasteiger partial charge in [0.15, 0.2) is 5.65 Å². The molecule has 0 fully saturated rings. The molecule has 0 unspecified atom stereocenters. The zero-order chi connectivity index (χ0) is 17.4. The molecule has 0 aliphatic heterocycles. The van der Waals surface area contributed by atoms with Gasteiger partial charge in [-0.15, -0.1) is 0 Å². The van der Waals surface area contributed by atoms with E-state index in [0.29, 0.717) is 11.0 Å². The number of nitrogens with one attached hydrogen (secondary N) is 1. The first-order valence-electron chi connectivity index (χ1n) is 7.97. The summed E-state index contributed by atoms with van der Waals surface area (Å²) in [5.41, 5.74) is 4.41. The van der Waals surface area contributed by atoms with E-state index in [4.69, 9.17) is 4.74 Å². The van der Waals surface area contributed by atoms with Gasteiger partial charge in [0.2, 0.25) is 0 Å². The lowest BCUT2D eigenvalue weighted by Crippen LogP contribution is -2.07. The Morgan fingerprint density at radius 1 is 1.04 bits per heavy atom. The summed E-state index contributed by atoms with van der Waals surface area (Å²) >= 11 is 0. The zero-order valence-corrected chi connectivity index (χ0v) is 14.0. The lowest BCUT2D eigenvalue weighted by atomic mass is 10.1. The van der Waals surface area contributed by atoms with Crippen LogP contribution in [0.2, 0.25) is 0 Å². The van der Waals surface area contributed by atoms with E-state index < -0.39 is 0 Å². The zero-order valence-electron chi connectivity index (χ0n) is 14.0. The Kier molecular flexibility index (Phi) is 3.61. The van der Waals surface area contributed by atoms with Crippen molar-refractivity contribution < 1.29 is 4.74 Å². The van der Waals surface area contributed by atoms with Gasteiger partial charge in [0.05, 0.1) is 18.8 Å². The van der Waals surface area contributed by atoms with Gasteiger partial charge in [0, 0.05) is 17.4 Å². The third-order valence-corrected chi connectivity index (χ3v) is 4.30. The molecule has 0 aliphatic carbocycles. The van der Waals surface area contributed by atoms with Gasteiger partial charge in [-0.3, -0.25) is 4.79 Å². The molecule has 1 N–H and O–H groups in total. The van der Waals surface area contributed by atoms with Crippen LogP contribution < -0.4 is 10.3 Å². The van der Waals surface area contributed by atoms with Crippen LogP contribution in [0, 0.1) is 6.92 Å². The molecule has 4 aromatic rings. The summed E-state index contributed by atoms with van der Waals surface area (Å²) in [6.45, 7) is 2.04. The number of aryl methyl sites for hydroxylation is 1. The second-order valence-corrected chi connectivity index (χ2v) is 5.91. The Balaban J connectivity index is 1.98. The molecule has 4 rings (SSSR count). The summed E-state index contributed by atoms with van der Waals surface area (Å²) in [7, 11) is 1.63. The van der Waals surface area contributed by atoms with Crippen LogP contribution in [0.15, 0.2) is 65.8 Å². The summed E-state index contributed by atoms with van der Waals surface area (Å²) in [4.78, 5) is 19.5. The van der Waals surface area contributed by atoms with Crippen LogP contribution in [-0.4, -0.2) is 21.6 Å². The molecule has 0 bridgehead atoms. The smallest absolute Gasteiger partial charge is 0.260 e. The van der Waals surface area contributed by atoms with E-state index in [1.54, 1.807) is 7.11 Å². The van der Waals surface area contributed by atoms with E-state index >= 15 is 0 Å². The normalized spacial score (nSPS) is 11.0. The topological polar surface area (TPSA) is 59.9 Å². The van der Waals surface area contributed by atoms with Crippen molar-refractivity contribution in [1.29, 1.82) is 0 Å². The van der Waals surface area contributed by atoms with E-state index in [1.165, 1.54) is 11.9 Å². The Hall–Kier alpha value is -3.34. The molecule has 0 saturated heterocycles. The van der Waals surface area contributed by atoms with Crippen molar-refractivity contribution in [3.8, 4) is 22.6 Å². The van der Waals surface area contributed by atoms with E-state index in [0.717, 1.165) is 22.6 Å². The summed E-state index contributed by atoms with van der Waals surface area (Å²) in [5.74, 6) is 0.776. The standard InChI is InChI=1S/C20H17N3O2/c1-13-3-7-15(8-4-13)23-11-17(14-5-9-16(25-2)10-6-14)18-19(23)21-12-22-20(18)24/h3-12H,1-2H3,(H,21,22,24). The van der Waals surface area contributed by atoms with Crippen LogP contribution in [0.4, 0.5) is 0 Å². The number of benzene rings is 2. The number of aromatic nitrogens is 3. The van der Waals surface area contributed by atoms with Crippen molar-refractivity contribution in [2.45, 2.75) is 6.92 Å². The van der Waals surface area contributed by atoms with E-state index in [9.17, 15) is 4.79 Å². The van der Waals surface area contributed by atoms with E-state index in [1.807, 2.05) is 66.2 Å². The average Bonchev–Trinajstić information content (AvgIpc) is 3.03. The van der Waals surface area contributed by atoms with Crippen LogP contribution in [0.3, 0.4) is 0 Å². The van der Waals surface area contributed by atoms with Gasteiger partial charge in [0.25, 0.3) is 5.56 Å². The molecule has 2 heterocycles. The van der Waals surface area contributed by atoms with Gasteiger partial charge in [-0.1, -0.05) is 29.8 Å². The molecule has 0 radical (unpaired) electrons. The summed E-state index contributed by atoms with van der Waals surface area (Å²) in [5, 5.41) is 0.577. The Morgan fingerprint density at radius 3 is 2.44 bits per heavy atom. The Morgan fingerprint density at radius 2 is 1.76 bits per heavy atom. The first-order valence-corrected chi connectivity index (χ1v) is 7.97. The molecule has 5 nitrogen and oxygen atoms in total. The van der Waals surface area contributed by atoms with Crippen molar-refractivity contribution in [2.75, 3.05) is 7.11 Å². The van der Waals surface area contributed by atoms with Crippen molar-refractivity contribution in [3.05, 3.63) is 77.0 Å². The maximum absolute atomic E-state index is 12.5. The Labute approximate surface area is 144 Å². The number of hydrogen-bond acceptors (Lipinski definition) is 3. The van der Waals surface area contributed by atoms with Crippen molar-refractivity contribution >= 4 is 11.0 Å². The second-order valence-electron chi connectivity index (χ2n) is 5.91. The molecule has 0 amide bonds. The van der Waals surface area contributed by atoms with Gasteiger partial charge in [-0.25, -0.2) is 4.98 Å². The fraction of sp³-hybridized carbons (Fsp3) is 0.100. The van der Waals surface area contributed by atoms with Crippen LogP contribution >= 0.6 is 0 Å². The average molecular weight is 331 g/mol. The highest BCUT2D eigenvalue weighted by Gasteiger charge is 2.15. The number of aromatic amines is 1. The lowest BCUT2D eigenvalue weighted by Gasteiger charge is -2.04. The maximum atomic E-state index is 12.5. The molecule has 2 aromatic carbocycles. The molecule has 124 valence electrons. The van der Waals surface area contributed by atoms with E-state index in [-0.39, 0.29) is 5.56 Å². The second kappa shape index (κ2) is 5.94. The fourth-order valence-corrected chi connectivity index (χ4v) is 2.96. The summed E-state index contributed by atoms with van der Waals surface area (Å²) < 4.78 is 7.16. The molecule has 0 saturated carbocycles. The summed E-state index contributed by atoms with van der Waals surface area (Å²) in [6.07, 6.45) is 3.40. The highest BCUT2D eigenvalue weighted by molar-refractivity contribution is 5.94. The van der Waals surface area contributed by atoms with Gasteiger partial charge >= 0.3 is 0 Å². The molecular weight excluding hydrogens is 314 g/mol. The third kappa shape index (κ3) is 2.59. The largest absolute Gasteiger partial charge is 0.497 e. The number of hydrogen-bond donors (Lipinski definition) is 1. The predicted octanol–water partition coefficient (Wildman–Crippen LogP) is 3.70. The van der Waals surface area contributed by atoms with Crippen molar-refractivity contribution in [3.63, 3.8) is 0 Å². The van der Waals surface area contributed by atoms with Crippen molar-refractivity contribution in [2.24, 2.45) is 0 Å². The molecule has 5 heteroatoms. The first-order chi connectivity index (χ1) is 12.2. The number of ether oxygens (including phenoxy) is 1. The van der Waals surface area contributed by atoms with Crippen LogP contribution in [0.5, 0.6) is 5.75 Å². The molecule has 0 aliphatic rings. The minimum Gasteiger partial charge on any atom is -0.497 e. The number of fused-ring (bicyclic) bond motifs is 1. The number of methoxy groups -OCH3 is 1. The van der Waals surface area contributed by atoms with Gasteiger partial charge < -0.3 is 14.3 Å². The lowest BCUT2D eigenvalue weighted by molar-refractivity contribution is 0.415. The summed E-state index contributed by atoms with van der Waals surface area (Å²) in [6, 6.07) is 15.8. The Bertz CT molecular complexity index is 1090. The SMILES string of the molecule is COc1ccc(-c2cn(-c3ccc(C)cc3)c3nc[nH]c(=O)c23)cc1. The van der Waals surface area contributed by atoms with Crippen LogP contribution in [-0.2, 0) is 0 Å². The van der Waals surface area contributed by atoms with Crippen LogP contribution in [0.25, 0.3) is 27.8 Å².